The summed E-state index contributed by atoms with van der Waals surface area (Å²) in [5, 5.41) is 4.84. The third-order valence-corrected chi connectivity index (χ3v) is 7.94. The van der Waals surface area contributed by atoms with Gasteiger partial charge in [-0.3, -0.25) is 19.3 Å². The fraction of sp³-hybridized carbons (Fsp3) is 0.345. The van der Waals surface area contributed by atoms with Crippen LogP contribution in [0.5, 0.6) is 0 Å². The number of benzene rings is 2. The van der Waals surface area contributed by atoms with Crippen LogP contribution in [0.4, 0.5) is 17.1 Å². The Bertz CT molecular complexity index is 1250. The van der Waals surface area contributed by atoms with E-state index in [0.717, 1.165) is 41.8 Å². The van der Waals surface area contributed by atoms with E-state index in [-0.39, 0.29) is 30.2 Å². The molecule has 1 unspecified atom stereocenters. The highest BCUT2D eigenvalue weighted by molar-refractivity contribution is 7.10. The topological polar surface area (TPSA) is 69.7 Å². The first-order chi connectivity index (χ1) is 17.6. The summed E-state index contributed by atoms with van der Waals surface area (Å²) >= 11 is 1.53. The second-order valence-corrected chi connectivity index (χ2v) is 10.5. The fourth-order valence-electron chi connectivity index (χ4n) is 5.35. The molecule has 1 fully saturated rings. The summed E-state index contributed by atoms with van der Waals surface area (Å²) in [6.07, 6.45) is 5.95. The van der Waals surface area contributed by atoms with E-state index in [4.69, 9.17) is 0 Å². The number of anilines is 3. The third-order valence-electron chi connectivity index (χ3n) is 7.06. The van der Waals surface area contributed by atoms with Gasteiger partial charge in [0.2, 0.25) is 11.8 Å². The summed E-state index contributed by atoms with van der Waals surface area (Å²) in [5.41, 5.74) is 2.97. The molecule has 1 aliphatic carbocycles. The maximum absolute atomic E-state index is 14.2. The molecule has 6 nitrogen and oxygen atoms in total. The van der Waals surface area contributed by atoms with E-state index < -0.39 is 6.04 Å². The van der Waals surface area contributed by atoms with Gasteiger partial charge in [-0.25, -0.2) is 0 Å². The van der Waals surface area contributed by atoms with Crippen molar-refractivity contribution in [1.82, 2.24) is 0 Å². The van der Waals surface area contributed by atoms with E-state index in [2.05, 4.69) is 5.32 Å². The smallest absolute Gasteiger partial charge is 0.255 e. The average molecular weight is 502 g/mol. The van der Waals surface area contributed by atoms with Crippen LogP contribution in [0.3, 0.4) is 0 Å². The Morgan fingerprint density at radius 3 is 2.58 bits per heavy atom. The van der Waals surface area contributed by atoms with Crippen LogP contribution in [0.25, 0.3) is 0 Å². The highest BCUT2D eigenvalue weighted by Crippen LogP contribution is 2.44. The Hall–Kier alpha value is -3.45. The lowest BCUT2D eigenvalue weighted by molar-refractivity contribution is -0.124. The maximum atomic E-state index is 14.2. The van der Waals surface area contributed by atoms with E-state index in [0.29, 0.717) is 17.8 Å². The SMILES string of the molecule is CCC(=O)Nc1cccc(N(C(=O)Cc2cccs2)C2C(=O)N(C3CCCCC3)c3ccccc32)c1. The molecular formula is C29H31N3O3S. The van der Waals surface area contributed by atoms with Crippen molar-refractivity contribution in [2.45, 2.75) is 64.0 Å². The number of nitrogens with zero attached hydrogens (tertiary/aromatic N) is 2. The first-order valence-corrected chi connectivity index (χ1v) is 13.6. The van der Waals surface area contributed by atoms with Crippen LogP contribution in [0, 0.1) is 0 Å². The van der Waals surface area contributed by atoms with Crippen molar-refractivity contribution in [1.29, 1.82) is 0 Å². The number of carbonyl (C=O) groups excluding carboxylic acids is 3. The summed E-state index contributed by atoms with van der Waals surface area (Å²) in [6.45, 7) is 1.80. The molecule has 0 saturated heterocycles. The van der Waals surface area contributed by atoms with Crippen LogP contribution in [-0.2, 0) is 20.8 Å². The van der Waals surface area contributed by atoms with E-state index in [1.54, 1.807) is 24.0 Å². The number of rotatable bonds is 7. The monoisotopic (exact) mass is 501 g/mol. The molecule has 5 rings (SSSR count). The molecule has 2 heterocycles. The van der Waals surface area contributed by atoms with Gasteiger partial charge in [0.15, 0.2) is 0 Å². The van der Waals surface area contributed by atoms with Gasteiger partial charge in [0.25, 0.3) is 5.91 Å². The Balaban J connectivity index is 1.57. The van der Waals surface area contributed by atoms with Gasteiger partial charge < -0.3 is 10.2 Å². The Morgan fingerprint density at radius 2 is 1.83 bits per heavy atom. The van der Waals surface area contributed by atoms with Gasteiger partial charge in [0, 0.05) is 40.0 Å². The minimum absolute atomic E-state index is 0.0503. The first-order valence-electron chi connectivity index (χ1n) is 12.7. The highest BCUT2D eigenvalue weighted by Gasteiger charge is 2.45. The van der Waals surface area contributed by atoms with Gasteiger partial charge in [-0.15, -0.1) is 11.3 Å². The van der Waals surface area contributed by atoms with Crippen LogP contribution in [0.15, 0.2) is 66.0 Å². The standard InChI is InChI=1S/C29H31N3O3S/c1-2-26(33)30-20-10-8-13-22(18-20)32(27(34)19-23-14-9-17-36-23)28-24-15-6-7-16-25(24)31(29(28)35)21-11-4-3-5-12-21/h6-10,13-18,21,28H,2-5,11-12,19H2,1H3,(H,30,33). The second-order valence-electron chi connectivity index (χ2n) is 9.43. The summed E-state index contributed by atoms with van der Waals surface area (Å²) in [7, 11) is 0. The summed E-state index contributed by atoms with van der Waals surface area (Å²) < 4.78 is 0. The van der Waals surface area contributed by atoms with Gasteiger partial charge >= 0.3 is 0 Å². The van der Waals surface area contributed by atoms with Crippen LogP contribution in [0.2, 0.25) is 0 Å². The van der Waals surface area contributed by atoms with Crippen LogP contribution >= 0.6 is 11.3 Å². The molecule has 3 aromatic rings. The van der Waals surface area contributed by atoms with E-state index in [9.17, 15) is 14.4 Å². The summed E-state index contributed by atoms with van der Waals surface area (Å²) in [4.78, 5) is 44.6. The first kappa shape index (κ1) is 24.3. The van der Waals surface area contributed by atoms with E-state index in [1.165, 1.54) is 17.8 Å². The van der Waals surface area contributed by atoms with Crippen LogP contribution < -0.4 is 15.1 Å². The zero-order valence-corrected chi connectivity index (χ0v) is 21.3. The molecule has 0 spiro atoms. The fourth-order valence-corrected chi connectivity index (χ4v) is 6.05. The zero-order chi connectivity index (χ0) is 25.1. The number of amides is 3. The van der Waals surface area contributed by atoms with E-state index >= 15 is 0 Å². The molecule has 36 heavy (non-hydrogen) atoms. The van der Waals surface area contributed by atoms with Gasteiger partial charge in [-0.2, -0.15) is 0 Å². The van der Waals surface area contributed by atoms with Gasteiger partial charge in [0.05, 0.1) is 6.42 Å². The van der Waals surface area contributed by atoms with Crippen molar-refractivity contribution in [2.75, 3.05) is 15.1 Å². The molecule has 2 aliphatic rings. The normalized spacial score (nSPS) is 17.6. The van der Waals surface area contributed by atoms with Crippen molar-refractivity contribution in [3.63, 3.8) is 0 Å². The summed E-state index contributed by atoms with van der Waals surface area (Å²) in [6, 6.07) is 18.4. The van der Waals surface area contributed by atoms with Gasteiger partial charge in [-0.1, -0.05) is 56.5 Å². The molecule has 1 saturated carbocycles. The lowest BCUT2D eigenvalue weighted by atomic mass is 9.94. The number of fused-ring (bicyclic) bond motifs is 1. The molecule has 3 amide bonds. The molecule has 186 valence electrons. The number of para-hydroxylation sites is 1. The molecule has 1 atom stereocenters. The van der Waals surface area contributed by atoms with Crippen molar-refractivity contribution < 1.29 is 14.4 Å². The molecule has 0 radical (unpaired) electrons. The lowest BCUT2D eigenvalue weighted by Crippen LogP contribution is -2.45. The molecule has 1 N–H and O–H groups in total. The number of nitrogens with one attached hydrogen (secondary N) is 1. The second kappa shape index (κ2) is 10.7. The van der Waals surface area contributed by atoms with Crippen molar-refractivity contribution in [3.05, 3.63) is 76.5 Å². The average Bonchev–Trinajstić information content (AvgIpc) is 3.51. The van der Waals surface area contributed by atoms with Crippen LogP contribution in [-0.4, -0.2) is 23.8 Å². The van der Waals surface area contributed by atoms with Crippen LogP contribution in [0.1, 0.15) is 61.9 Å². The van der Waals surface area contributed by atoms with Gasteiger partial charge in [-0.05, 0) is 48.6 Å². The number of hydrogen-bond acceptors (Lipinski definition) is 4. The highest BCUT2D eigenvalue weighted by atomic mass is 32.1. The van der Waals surface area contributed by atoms with E-state index in [1.807, 2.05) is 58.8 Å². The Labute approximate surface area is 215 Å². The molecule has 1 aromatic heterocycles. The Morgan fingerprint density at radius 1 is 1.03 bits per heavy atom. The largest absolute Gasteiger partial charge is 0.326 e. The predicted molar refractivity (Wildman–Crippen MR) is 144 cm³/mol. The quantitative estimate of drug-likeness (QED) is 0.426. The number of carbonyl (C=O) groups is 3. The predicted octanol–water partition coefficient (Wildman–Crippen LogP) is 6.09. The summed E-state index contributed by atoms with van der Waals surface area (Å²) in [5.74, 6) is -0.296. The van der Waals surface area contributed by atoms with Crippen molar-refractivity contribution in [3.8, 4) is 0 Å². The van der Waals surface area contributed by atoms with Crippen molar-refractivity contribution >= 4 is 46.1 Å². The lowest BCUT2D eigenvalue weighted by Gasteiger charge is -2.33. The molecule has 2 aromatic carbocycles. The van der Waals surface area contributed by atoms with Gasteiger partial charge in [0.1, 0.15) is 6.04 Å². The minimum atomic E-state index is -0.743. The maximum Gasteiger partial charge on any atom is 0.255 e. The zero-order valence-electron chi connectivity index (χ0n) is 20.5. The van der Waals surface area contributed by atoms with Crippen molar-refractivity contribution in [2.24, 2.45) is 0 Å². The molecule has 7 heteroatoms. The minimum Gasteiger partial charge on any atom is -0.326 e. The third kappa shape index (κ3) is 4.80. The number of hydrogen-bond donors (Lipinski definition) is 1. The molecular weight excluding hydrogens is 470 g/mol. The molecule has 0 bridgehead atoms. The molecule has 1 aliphatic heterocycles. The number of thiophene rings is 1. The Kier molecular flexibility index (Phi) is 7.18.